The van der Waals surface area contributed by atoms with Crippen LogP contribution in [-0.4, -0.2) is 45.8 Å². The SMILES string of the molecule is CCNC(=O)CNCc1ccc(S(=O)(=O)N(C)C)o1. The lowest BCUT2D eigenvalue weighted by molar-refractivity contribution is -0.120. The summed E-state index contributed by atoms with van der Waals surface area (Å²) < 4.78 is 29.8. The number of sulfonamides is 1. The van der Waals surface area contributed by atoms with Gasteiger partial charge in [0.15, 0.2) is 0 Å². The number of likely N-dealkylation sites (N-methyl/N-ethyl adjacent to an activating group) is 1. The van der Waals surface area contributed by atoms with Crippen LogP contribution < -0.4 is 10.6 Å². The van der Waals surface area contributed by atoms with Gasteiger partial charge in [0.2, 0.25) is 11.0 Å². The Hall–Kier alpha value is -1.38. The molecule has 0 radical (unpaired) electrons. The highest BCUT2D eigenvalue weighted by molar-refractivity contribution is 7.88. The topological polar surface area (TPSA) is 91.7 Å². The van der Waals surface area contributed by atoms with Crippen molar-refractivity contribution in [3.05, 3.63) is 17.9 Å². The minimum absolute atomic E-state index is 0.104. The van der Waals surface area contributed by atoms with Crippen LogP contribution >= 0.6 is 0 Å². The molecule has 2 N–H and O–H groups in total. The Morgan fingerprint density at radius 1 is 1.37 bits per heavy atom. The fourth-order valence-corrected chi connectivity index (χ4v) is 2.14. The lowest BCUT2D eigenvalue weighted by Gasteiger charge is -2.07. The molecule has 0 aromatic carbocycles. The Morgan fingerprint density at radius 3 is 2.63 bits per heavy atom. The molecule has 0 fully saturated rings. The van der Waals surface area contributed by atoms with E-state index in [0.29, 0.717) is 18.8 Å². The first-order valence-corrected chi connectivity index (χ1v) is 7.30. The lowest BCUT2D eigenvalue weighted by Crippen LogP contribution is -2.33. The standard InChI is InChI=1S/C11H19N3O4S/c1-4-13-10(15)8-12-7-9-5-6-11(18-9)19(16,17)14(2)3/h5-6,12H,4,7-8H2,1-3H3,(H,13,15). The van der Waals surface area contributed by atoms with Gasteiger partial charge < -0.3 is 15.1 Å². The van der Waals surface area contributed by atoms with E-state index < -0.39 is 10.0 Å². The molecular weight excluding hydrogens is 270 g/mol. The van der Waals surface area contributed by atoms with E-state index in [9.17, 15) is 13.2 Å². The van der Waals surface area contributed by atoms with Crippen molar-refractivity contribution in [1.82, 2.24) is 14.9 Å². The maximum Gasteiger partial charge on any atom is 0.275 e. The van der Waals surface area contributed by atoms with Crippen molar-refractivity contribution in [2.45, 2.75) is 18.6 Å². The zero-order chi connectivity index (χ0) is 14.5. The largest absolute Gasteiger partial charge is 0.447 e. The van der Waals surface area contributed by atoms with E-state index in [4.69, 9.17) is 4.42 Å². The van der Waals surface area contributed by atoms with Crippen molar-refractivity contribution in [2.75, 3.05) is 27.2 Å². The minimum Gasteiger partial charge on any atom is -0.447 e. The van der Waals surface area contributed by atoms with Crippen molar-refractivity contribution >= 4 is 15.9 Å². The molecule has 0 saturated carbocycles. The van der Waals surface area contributed by atoms with Crippen LogP contribution in [0.25, 0.3) is 0 Å². The van der Waals surface area contributed by atoms with Crippen LogP contribution in [0.4, 0.5) is 0 Å². The van der Waals surface area contributed by atoms with Gasteiger partial charge in [-0.15, -0.1) is 0 Å². The quantitative estimate of drug-likeness (QED) is 0.722. The Labute approximate surface area is 113 Å². The summed E-state index contributed by atoms with van der Waals surface area (Å²) in [5.74, 6) is 0.347. The van der Waals surface area contributed by atoms with Crippen molar-refractivity contribution in [1.29, 1.82) is 0 Å². The van der Waals surface area contributed by atoms with E-state index in [1.807, 2.05) is 6.92 Å². The molecule has 0 spiro atoms. The molecule has 8 heteroatoms. The van der Waals surface area contributed by atoms with Crippen LogP contribution in [0.15, 0.2) is 21.6 Å². The van der Waals surface area contributed by atoms with Crippen LogP contribution in [0.5, 0.6) is 0 Å². The molecule has 19 heavy (non-hydrogen) atoms. The number of nitrogens with one attached hydrogen (secondary N) is 2. The molecular formula is C11H19N3O4S. The van der Waals surface area contributed by atoms with Gasteiger partial charge in [-0.2, -0.15) is 0 Å². The van der Waals surface area contributed by atoms with E-state index >= 15 is 0 Å². The predicted molar refractivity (Wildman–Crippen MR) is 70.0 cm³/mol. The molecule has 0 atom stereocenters. The highest BCUT2D eigenvalue weighted by atomic mass is 32.2. The Morgan fingerprint density at radius 2 is 2.05 bits per heavy atom. The average molecular weight is 289 g/mol. The number of carbonyl (C=O) groups is 1. The summed E-state index contributed by atoms with van der Waals surface area (Å²) in [7, 11) is -0.676. The molecule has 0 bridgehead atoms. The summed E-state index contributed by atoms with van der Waals surface area (Å²) in [6.45, 7) is 2.86. The zero-order valence-corrected chi connectivity index (χ0v) is 12.1. The number of hydrogen-bond acceptors (Lipinski definition) is 5. The third-order valence-corrected chi connectivity index (χ3v) is 4.02. The second kappa shape index (κ2) is 6.69. The van der Waals surface area contributed by atoms with E-state index in [1.165, 1.54) is 20.2 Å². The molecule has 0 aliphatic rings. The third kappa shape index (κ3) is 4.34. The van der Waals surface area contributed by atoms with E-state index in [0.717, 1.165) is 4.31 Å². The molecule has 0 unspecified atom stereocenters. The fourth-order valence-electron chi connectivity index (χ4n) is 1.33. The molecule has 0 aliphatic carbocycles. The van der Waals surface area contributed by atoms with Gasteiger partial charge in [0.05, 0.1) is 13.1 Å². The lowest BCUT2D eigenvalue weighted by atomic mass is 10.4. The Balaban J connectivity index is 2.55. The second-order valence-electron chi connectivity index (χ2n) is 4.07. The van der Waals surface area contributed by atoms with Gasteiger partial charge in [-0.25, -0.2) is 12.7 Å². The summed E-state index contributed by atoms with van der Waals surface area (Å²) in [4.78, 5) is 11.2. The molecule has 1 rings (SSSR count). The number of furan rings is 1. The zero-order valence-electron chi connectivity index (χ0n) is 11.3. The highest BCUT2D eigenvalue weighted by Gasteiger charge is 2.21. The van der Waals surface area contributed by atoms with Crippen molar-refractivity contribution in [3.63, 3.8) is 0 Å². The molecule has 0 aliphatic heterocycles. The van der Waals surface area contributed by atoms with Gasteiger partial charge in [0.1, 0.15) is 5.76 Å². The number of rotatable bonds is 7. The van der Waals surface area contributed by atoms with Gasteiger partial charge in [-0.3, -0.25) is 4.79 Å². The molecule has 1 aromatic rings. The second-order valence-corrected chi connectivity index (χ2v) is 6.15. The summed E-state index contributed by atoms with van der Waals surface area (Å²) >= 11 is 0. The van der Waals surface area contributed by atoms with Crippen LogP contribution in [0.2, 0.25) is 0 Å². The summed E-state index contributed by atoms with van der Waals surface area (Å²) in [5, 5.41) is 5.40. The maximum absolute atomic E-state index is 11.8. The van der Waals surface area contributed by atoms with E-state index in [1.54, 1.807) is 6.07 Å². The number of amides is 1. The summed E-state index contributed by atoms with van der Waals surface area (Å²) in [6.07, 6.45) is 0. The summed E-state index contributed by atoms with van der Waals surface area (Å²) in [5.41, 5.74) is 0. The monoisotopic (exact) mass is 289 g/mol. The minimum atomic E-state index is -3.55. The first-order chi connectivity index (χ1) is 8.87. The van der Waals surface area contributed by atoms with Gasteiger partial charge in [-0.1, -0.05) is 0 Å². The average Bonchev–Trinajstić information content (AvgIpc) is 2.78. The van der Waals surface area contributed by atoms with Crippen LogP contribution in [0.3, 0.4) is 0 Å². The van der Waals surface area contributed by atoms with Gasteiger partial charge in [-0.05, 0) is 19.1 Å². The van der Waals surface area contributed by atoms with Crippen molar-refractivity contribution in [2.24, 2.45) is 0 Å². The van der Waals surface area contributed by atoms with Gasteiger partial charge >= 0.3 is 0 Å². The first-order valence-electron chi connectivity index (χ1n) is 5.86. The Bertz CT molecular complexity index is 522. The maximum atomic E-state index is 11.8. The molecule has 108 valence electrons. The van der Waals surface area contributed by atoms with Crippen LogP contribution in [-0.2, 0) is 21.4 Å². The van der Waals surface area contributed by atoms with Gasteiger partial charge in [0, 0.05) is 20.6 Å². The number of carbonyl (C=O) groups excluding carboxylic acids is 1. The number of nitrogens with zero attached hydrogens (tertiary/aromatic N) is 1. The molecule has 7 nitrogen and oxygen atoms in total. The van der Waals surface area contributed by atoms with E-state index in [2.05, 4.69) is 10.6 Å². The summed E-state index contributed by atoms with van der Waals surface area (Å²) in [6, 6.07) is 2.97. The van der Waals surface area contributed by atoms with Crippen LogP contribution in [0, 0.1) is 0 Å². The molecule has 1 aromatic heterocycles. The molecule has 1 heterocycles. The normalized spacial score (nSPS) is 11.8. The first kappa shape index (κ1) is 15.7. The van der Waals surface area contributed by atoms with Crippen molar-refractivity contribution < 1.29 is 17.6 Å². The predicted octanol–water partition coefficient (Wildman–Crippen LogP) is -0.244. The van der Waals surface area contributed by atoms with Gasteiger partial charge in [0.25, 0.3) is 10.0 Å². The number of hydrogen-bond donors (Lipinski definition) is 2. The highest BCUT2D eigenvalue weighted by Crippen LogP contribution is 2.16. The van der Waals surface area contributed by atoms with Crippen molar-refractivity contribution in [3.8, 4) is 0 Å². The fraction of sp³-hybridized carbons (Fsp3) is 0.545. The Kier molecular flexibility index (Phi) is 5.52. The third-order valence-electron chi connectivity index (χ3n) is 2.33. The smallest absolute Gasteiger partial charge is 0.275 e. The molecule has 1 amide bonds. The molecule has 0 saturated heterocycles. The van der Waals surface area contributed by atoms with E-state index in [-0.39, 0.29) is 17.5 Å². The van der Waals surface area contributed by atoms with Crippen LogP contribution in [0.1, 0.15) is 12.7 Å².